The van der Waals surface area contributed by atoms with E-state index < -0.39 is 22.9 Å². The molecule has 0 radical (unpaired) electrons. The Morgan fingerprint density at radius 3 is 2.70 bits per heavy atom. The summed E-state index contributed by atoms with van der Waals surface area (Å²) in [7, 11) is 0. The quantitative estimate of drug-likeness (QED) is 0.943. The highest BCUT2D eigenvalue weighted by Crippen LogP contribution is 2.17. The van der Waals surface area contributed by atoms with Crippen molar-refractivity contribution in [1.82, 2.24) is 9.78 Å². The lowest BCUT2D eigenvalue weighted by Crippen LogP contribution is -2.24. The maximum Gasteiger partial charge on any atom is 0.360 e. The normalized spacial score (nSPS) is 10.6. The van der Waals surface area contributed by atoms with Gasteiger partial charge in [0, 0.05) is 16.8 Å². The fourth-order valence-electron chi connectivity index (χ4n) is 1.74. The van der Waals surface area contributed by atoms with Gasteiger partial charge in [-0.05, 0) is 24.6 Å². The smallest absolute Gasteiger partial charge is 0.360 e. The van der Waals surface area contributed by atoms with Crippen molar-refractivity contribution in [2.75, 3.05) is 0 Å². The lowest BCUT2D eigenvalue weighted by molar-refractivity contribution is 0.0686. The molecule has 0 aliphatic heterocycles. The van der Waals surface area contributed by atoms with E-state index in [-0.39, 0.29) is 16.3 Å². The van der Waals surface area contributed by atoms with Crippen LogP contribution in [0.4, 0.5) is 4.39 Å². The van der Waals surface area contributed by atoms with Gasteiger partial charge in [-0.15, -0.1) is 0 Å². The number of aryl methyl sites for hydroxylation is 1. The van der Waals surface area contributed by atoms with E-state index in [9.17, 15) is 14.0 Å². The molecule has 0 fully saturated rings. The van der Waals surface area contributed by atoms with Crippen LogP contribution in [0.5, 0.6) is 0 Å². The third-order valence-corrected chi connectivity index (χ3v) is 2.91. The minimum absolute atomic E-state index is 0.149. The number of aromatic carboxylic acids is 1. The average molecular weight is 297 g/mol. The van der Waals surface area contributed by atoms with E-state index in [0.29, 0.717) is 6.42 Å². The average Bonchev–Trinajstić information content (AvgIpc) is 2.37. The van der Waals surface area contributed by atoms with Gasteiger partial charge >= 0.3 is 5.97 Å². The van der Waals surface area contributed by atoms with E-state index in [1.54, 1.807) is 6.92 Å². The molecule has 1 heterocycles. The number of halogens is 2. The Hall–Kier alpha value is -2.21. The van der Waals surface area contributed by atoms with E-state index in [1.807, 2.05) is 0 Å². The van der Waals surface area contributed by atoms with E-state index in [2.05, 4.69) is 5.10 Å². The van der Waals surface area contributed by atoms with Gasteiger partial charge in [0.05, 0.1) is 5.69 Å². The zero-order chi connectivity index (χ0) is 14.9. The molecule has 1 N–H and O–H groups in total. The van der Waals surface area contributed by atoms with Gasteiger partial charge in [-0.25, -0.2) is 13.9 Å². The summed E-state index contributed by atoms with van der Waals surface area (Å²) in [6, 6.07) is 3.69. The number of hydrogen-bond donors (Lipinski definition) is 1. The highest BCUT2D eigenvalue weighted by molar-refractivity contribution is 6.30. The number of rotatable bonds is 3. The molecule has 20 heavy (non-hydrogen) atoms. The van der Waals surface area contributed by atoms with Crippen LogP contribution in [-0.2, 0) is 6.42 Å². The first-order valence-corrected chi connectivity index (χ1v) is 6.12. The highest BCUT2D eigenvalue weighted by Gasteiger charge is 2.16. The minimum atomic E-state index is -1.43. The molecule has 0 aliphatic carbocycles. The van der Waals surface area contributed by atoms with E-state index in [4.69, 9.17) is 16.7 Å². The van der Waals surface area contributed by atoms with E-state index in [0.717, 1.165) is 16.8 Å². The molecule has 0 unspecified atom stereocenters. The summed E-state index contributed by atoms with van der Waals surface area (Å²) in [6.07, 6.45) is 1.71. The number of nitrogens with zero attached hydrogens (tertiary/aromatic N) is 2. The summed E-state index contributed by atoms with van der Waals surface area (Å²) < 4.78 is 14.5. The Labute approximate surface area is 118 Å². The molecular weight excluding hydrogens is 287 g/mol. The number of carboxylic acid groups (broad SMARTS) is 1. The van der Waals surface area contributed by atoms with Crippen LogP contribution in [0.1, 0.15) is 23.0 Å². The number of benzene rings is 1. The van der Waals surface area contributed by atoms with Crippen LogP contribution in [0, 0.1) is 5.82 Å². The van der Waals surface area contributed by atoms with Gasteiger partial charge in [-0.1, -0.05) is 18.5 Å². The molecule has 5 nitrogen and oxygen atoms in total. The van der Waals surface area contributed by atoms with Crippen molar-refractivity contribution >= 4 is 17.6 Å². The monoisotopic (exact) mass is 296 g/mol. The van der Waals surface area contributed by atoms with Crippen molar-refractivity contribution in [3.05, 3.63) is 56.7 Å². The van der Waals surface area contributed by atoms with Crippen LogP contribution >= 0.6 is 11.6 Å². The summed E-state index contributed by atoms with van der Waals surface area (Å²) in [6.45, 7) is 1.71. The lowest BCUT2D eigenvalue weighted by atomic mass is 10.2. The van der Waals surface area contributed by atoms with Gasteiger partial charge in [-0.3, -0.25) is 4.79 Å². The topological polar surface area (TPSA) is 72.2 Å². The molecule has 7 heteroatoms. The molecule has 2 aromatic rings. The number of carboxylic acids is 1. The van der Waals surface area contributed by atoms with E-state index in [1.165, 1.54) is 12.3 Å². The molecule has 0 saturated carbocycles. The Morgan fingerprint density at radius 2 is 2.15 bits per heavy atom. The summed E-state index contributed by atoms with van der Waals surface area (Å²) in [5.41, 5.74) is -0.728. The van der Waals surface area contributed by atoms with Crippen molar-refractivity contribution in [3.63, 3.8) is 0 Å². The lowest BCUT2D eigenvalue weighted by Gasteiger charge is -2.09. The molecule has 0 aliphatic rings. The highest BCUT2D eigenvalue weighted by atomic mass is 35.5. The van der Waals surface area contributed by atoms with Crippen LogP contribution < -0.4 is 5.43 Å². The first-order valence-electron chi connectivity index (χ1n) is 5.75. The van der Waals surface area contributed by atoms with Crippen LogP contribution in [-0.4, -0.2) is 20.9 Å². The third kappa shape index (κ3) is 2.70. The summed E-state index contributed by atoms with van der Waals surface area (Å²) in [5, 5.41) is 12.9. The molecule has 0 spiro atoms. The van der Waals surface area contributed by atoms with Crippen LogP contribution in [0.3, 0.4) is 0 Å². The van der Waals surface area contributed by atoms with Crippen LogP contribution in [0.25, 0.3) is 5.69 Å². The van der Waals surface area contributed by atoms with E-state index >= 15 is 0 Å². The van der Waals surface area contributed by atoms with Crippen molar-refractivity contribution in [1.29, 1.82) is 0 Å². The molecular formula is C13H10ClFN2O3. The Kier molecular flexibility index (Phi) is 3.85. The van der Waals surface area contributed by atoms with Crippen molar-refractivity contribution in [2.45, 2.75) is 13.3 Å². The predicted octanol–water partition coefficient (Wildman–Crippen LogP) is 2.29. The largest absolute Gasteiger partial charge is 0.476 e. The number of carbonyl (C=O) groups is 1. The van der Waals surface area contributed by atoms with Crippen molar-refractivity contribution < 1.29 is 14.3 Å². The first kappa shape index (κ1) is 14.2. The molecule has 0 saturated heterocycles. The third-order valence-electron chi connectivity index (χ3n) is 2.69. The van der Waals surface area contributed by atoms with Crippen LogP contribution in [0.2, 0.25) is 5.02 Å². The molecule has 0 atom stereocenters. The second kappa shape index (κ2) is 5.42. The maximum absolute atomic E-state index is 13.3. The number of aromatic nitrogens is 2. The maximum atomic E-state index is 13.3. The summed E-state index contributed by atoms with van der Waals surface area (Å²) in [5.74, 6) is -2.01. The minimum Gasteiger partial charge on any atom is -0.476 e. The summed E-state index contributed by atoms with van der Waals surface area (Å²) in [4.78, 5) is 22.8. The molecule has 2 rings (SSSR count). The van der Waals surface area contributed by atoms with Gasteiger partial charge in [0.15, 0.2) is 0 Å². The molecule has 104 valence electrons. The Balaban J connectivity index is 2.71. The molecule has 1 aromatic carbocycles. The molecule has 1 aromatic heterocycles. The zero-order valence-electron chi connectivity index (χ0n) is 10.4. The fraction of sp³-hybridized carbons (Fsp3) is 0.154. The standard InChI is InChI=1S/C13H10ClFN2O3/c1-2-7-6-17(16-11(12(7)18)13(19)20)10-4-8(14)3-9(15)5-10/h3-6H,2H2,1H3,(H,19,20). The first-order chi connectivity index (χ1) is 9.42. The van der Waals surface area contributed by atoms with Gasteiger partial charge in [0.1, 0.15) is 5.82 Å². The fourth-order valence-corrected chi connectivity index (χ4v) is 1.95. The SMILES string of the molecule is CCc1cn(-c2cc(F)cc(Cl)c2)nc(C(=O)O)c1=O. The van der Waals surface area contributed by atoms with Crippen LogP contribution in [0.15, 0.2) is 29.2 Å². The number of hydrogen-bond acceptors (Lipinski definition) is 3. The van der Waals surface area contributed by atoms with Gasteiger partial charge in [0.2, 0.25) is 11.1 Å². The second-order valence-electron chi connectivity index (χ2n) is 4.06. The van der Waals surface area contributed by atoms with Gasteiger partial charge in [-0.2, -0.15) is 5.10 Å². The predicted molar refractivity (Wildman–Crippen MR) is 71.1 cm³/mol. The molecule has 0 bridgehead atoms. The Bertz CT molecular complexity index is 723. The zero-order valence-corrected chi connectivity index (χ0v) is 11.2. The van der Waals surface area contributed by atoms with Gasteiger partial charge < -0.3 is 5.11 Å². The molecule has 0 amide bonds. The summed E-state index contributed by atoms with van der Waals surface area (Å²) >= 11 is 5.75. The van der Waals surface area contributed by atoms with Crippen molar-refractivity contribution in [3.8, 4) is 5.69 Å². The second-order valence-corrected chi connectivity index (χ2v) is 4.50. The van der Waals surface area contributed by atoms with Gasteiger partial charge in [0.25, 0.3) is 0 Å². The Morgan fingerprint density at radius 1 is 1.45 bits per heavy atom. The van der Waals surface area contributed by atoms with Crippen molar-refractivity contribution in [2.24, 2.45) is 0 Å².